The number of benzene rings is 2. The van der Waals surface area contributed by atoms with Gasteiger partial charge in [-0.1, -0.05) is 34.8 Å². The highest BCUT2D eigenvalue weighted by atomic mass is 35.5. The lowest BCUT2D eigenvalue weighted by Crippen LogP contribution is -2.15. The molecule has 0 aliphatic carbocycles. The van der Waals surface area contributed by atoms with Gasteiger partial charge in [0.1, 0.15) is 0 Å². The van der Waals surface area contributed by atoms with Gasteiger partial charge in [0.25, 0.3) is 10.0 Å². The lowest BCUT2D eigenvalue weighted by Gasteiger charge is -2.13. The Morgan fingerprint density at radius 3 is 2.24 bits per heavy atom. The van der Waals surface area contributed by atoms with Crippen molar-refractivity contribution in [3.63, 3.8) is 0 Å². The number of hydrogen-bond donors (Lipinski definition) is 1. The van der Waals surface area contributed by atoms with Crippen LogP contribution in [-0.2, 0) is 10.0 Å². The van der Waals surface area contributed by atoms with Crippen LogP contribution in [0.1, 0.15) is 11.1 Å². The van der Waals surface area contributed by atoms with Gasteiger partial charge in [-0.2, -0.15) is 0 Å². The summed E-state index contributed by atoms with van der Waals surface area (Å²) in [5, 5.41) is 1.18. The van der Waals surface area contributed by atoms with E-state index < -0.39 is 10.0 Å². The Morgan fingerprint density at radius 2 is 1.57 bits per heavy atom. The van der Waals surface area contributed by atoms with Crippen molar-refractivity contribution in [2.24, 2.45) is 0 Å². The summed E-state index contributed by atoms with van der Waals surface area (Å²) in [5.41, 5.74) is 1.47. The molecule has 0 atom stereocenters. The fourth-order valence-electron chi connectivity index (χ4n) is 1.82. The first-order chi connectivity index (χ1) is 9.70. The Kier molecular flexibility index (Phi) is 4.73. The molecule has 0 saturated heterocycles. The highest BCUT2D eigenvalue weighted by molar-refractivity contribution is 7.92. The van der Waals surface area contributed by atoms with Gasteiger partial charge in [-0.25, -0.2) is 8.42 Å². The molecule has 0 aliphatic heterocycles. The van der Waals surface area contributed by atoms with Crippen LogP contribution in [0.15, 0.2) is 35.2 Å². The minimum Gasteiger partial charge on any atom is -0.278 e. The summed E-state index contributed by atoms with van der Waals surface area (Å²) < 4.78 is 27.4. The van der Waals surface area contributed by atoms with Gasteiger partial charge in [-0.15, -0.1) is 0 Å². The number of anilines is 1. The monoisotopic (exact) mass is 363 g/mol. The number of sulfonamides is 1. The molecule has 0 unspecified atom stereocenters. The van der Waals surface area contributed by atoms with E-state index in [1.165, 1.54) is 18.2 Å². The van der Waals surface area contributed by atoms with E-state index in [1.807, 2.05) is 0 Å². The lowest BCUT2D eigenvalue weighted by molar-refractivity contribution is 0.600. The van der Waals surface area contributed by atoms with Gasteiger partial charge >= 0.3 is 0 Å². The molecule has 0 spiro atoms. The zero-order valence-electron chi connectivity index (χ0n) is 11.2. The van der Waals surface area contributed by atoms with E-state index in [2.05, 4.69) is 4.72 Å². The first-order valence-corrected chi connectivity index (χ1v) is 8.57. The normalized spacial score (nSPS) is 11.5. The average Bonchev–Trinajstić information content (AvgIpc) is 2.37. The maximum absolute atomic E-state index is 12.5. The fraction of sp³-hybridized carbons (Fsp3) is 0.143. The van der Waals surface area contributed by atoms with E-state index in [-0.39, 0.29) is 15.6 Å². The second-order valence-electron chi connectivity index (χ2n) is 4.60. The molecule has 0 saturated carbocycles. The maximum atomic E-state index is 12.5. The molecule has 0 aliphatic rings. The van der Waals surface area contributed by atoms with Crippen LogP contribution in [0, 0.1) is 13.8 Å². The number of aryl methyl sites for hydroxylation is 2. The van der Waals surface area contributed by atoms with Crippen LogP contribution in [-0.4, -0.2) is 8.42 Å². The summed E-state index contributed by atoms with van der Waals surface area (Å²) in [7, 11) is -3.77. The molecule has 0 bridgehead atoms. The molecule has 1 N–H and O–H groups in total. The van der Waals surface area contributed by atoms with Gasteiger partial charge in [0.15, 0.2) is 0 Å². The first-order valence-electron chi connectivity index (χ1n) is 5.95. The fourth-order valence-corrected chi connectivity index (χ4v) is 3.81. The molecule has 0 aromatic heterocycles. The van der Waals surface area contributed by atoms with Gasteiger partial charge < -0.3 is 0 Å². The molecule has 2 aromatic rings. The van der Waals surface area contributed by atoms with Crippen LogP contribution in [0.2, 0.25) is 15.1 Å². The molecule has 2 aromatic carbocycles. The minimum atomic E-state index is -3.77. The van der Waals surface area contributed by atoms with Gasteiger partial charge in [0, 0.05) is 10.0 Å². The van der Waals surface area contributed by atoms with Gasteiger partial charge in [0.2, 0.25) is 0 Å². The van der Waals surface area contributed by atoms with E-state index in [4.69, 9.17) is 34.8 Å². The minimum absolute atomic E-state index is 0.153. The van der Waals surface area contributed by atoms with Crippen LogP contribution >= 0.6 is 34.8 Å². The predicted octanol–water partition coefficient (Wildman–Crippen LogP) is 5.06. The molecular weight excluding hydrogens is 353 g/mol. The van der Waals surface area contributed by atoms with E-state index in [0.29, 0.717) is 21.2 Å². The molecule has 2 rings (SSSR count). The smallest absolute Gasteiger partial charge is 0.262 e. The van der Waals surface area contributed by atoms with E-state index in [0.717, 1.165) is 0 Å². The van der Waals surface area contributed by atoms with E-state index >= 15 is 0 Å². The van der Waals surface area contributed by atoms with E-state index in [1.54, 1.807) is 26.0 Å². The zero-order chi connectivity index (χ0) is 15.8. The first kappa shape index (κ1) is 16.4. The van der Waals surface area contributed by atoms with Crippen molar-refractivity contribution in [2.45, 2.75) is 18.7 Å². The quantitative estimate of drug-likeness (QED) is 0.827. The zero-order valence-corrected chi connectivity index (χ0v) is 14.3. The van der Waals surface area contributed by atoms with Crippen molar-refractivity contribution in [3.05, 3.63) is 56.5 Å². The highest BCUT2D eigenvalue weighted by Gasteiger charge is 2.19. The molecule has 0 fully saturated rings. The van der Waals surface area contributed by atoms with Crippen molar-refractivity contribution in [3.8, 4) is 0 Å². The SMILES string of the molecule is Cc1cc(S(=O)(=O)Nc2cc(Cl)ccc2Cl)c(C)cc1Cl. The Labute approximate surface area is 138 Å². The largest absolute Gasteiger partial charge is 0.278 e. The Hall–Kier alpha value is -0.940. The van der Waals surface area contributed by atoms with Crippen LogP contribution < -0.4 is 4.72 Å². The van der Waals surface area contributed by atoms with Crippen molar-refractivity contribution >= 4 is 50.5 Å². The summed E-state index contributed by atoms with van der Waals surface area (Å²) >= 11 is 17.8. The standard InChI is InChI=1S/C14H12Cl3NO2S/c1-8-6-14(9(2)5-12(8)17)21(19,20)18-13-7-10(15)3-4-11(13)16/h3-7,18H,1-2H3. The summed E-state index contributed by atoms with van der Waals surface area (Å²) in [6.45, 7) is 3.42. The number of rotatable bonds is 3. The van der Waals surface area contributed by atoms with Crippen molar-refractivity contribution in [1.82, 2.24) is 0 Å². The molecular formula is C14H12Cl3NO2S. The second kappa shape index (κ2) is 6.05. The summed E-state index contributed by atoms with van der Waals surface area (Å²) in [5.74, 6) is 0. The van der Waals surface area contributed by atoms with Gasteiger partial charge in [-0.05, 0) is 55.3 Å². The topological polar surface area (TPSA) is 46.2 Å². The third-order valence-electron chi connectivity index (χ3n) is 2.92. The molecule has 3 nitrogen and oxygen atoms in total. The molecule has 0 amide bonds. The molecule has 21 heavy (non-hydrogen) atoms. The predicted molar refractivity (Wildman–Crippen MR) is 88.2 cm³/mol. The van der Waals surface area contributed by atoms with Gasteiger partial charge in [-0.3, -0.25) is 4.72 Å². The van der Waals surface area contributed by atoms with Gasteiger partial charge in [0.05, 0.1) is 15.6 Å². The second-order valence-corrected chi connectivity index (χ2v) is 7.50. The van der Waals surface area contributed by atoms with Crippen molar-refractivity contribution < 1.29 is 8.42 Å². The molecule has 112 valence electrons. The van der Waals surface area contributed by atoms with Crippen molar-refractivity contribution in [2.75, 3.05) is 4.72 Å². The Bertz CT molecular complexity index is 804. The number of nitrogens with one attached hydrogen (secondary N) is 1. The third-order valence-corrected chi connectivity index (χ3v) is 5.40. The summed E-state index contributed by atoms with van der Waals surface area (Å²) in [4.78, 5) is 0.153. The summed E-state index contributed by atoms with van der Waals surface area (Å²) in [6.07, 6.45) is 0. The number of halogens is 3. The molecule has 7 heteroatoms. The van der Waals surface area contributed by atoms with Crippen LogP contribution in [0.5, 0.6) is 0 Å². The summed E-state index contributed by atoms with van der Waals surface area (Å²) in [6, 6.07) is 7.71. The van der Waals surface area contributed by atoms with Crippen LogP contribution in [0.25, 0.3) is 0 Å². The van der Waals surface area contributed by atoms with Crippen LogP contribution in [0.3, 0.4) is 0 Å². The lowest BCUT2D eigenvalue weighted by atomic mass is 10.2. The average molecular weight is 365 g/mol. The van der Waals surface area contributed by atoms with Crippen LogP contribution in [0.4, 0.5) is 5.69 Å². The Balaban J connectivity index is 2.48. The Morgan fingerprint density at radius 1 is 0.905 bits per heavy atom. The van der Waals surface area contributed by atoms with E-state index in [9.17, 15) is 8.42 Å². The third kappa shape index (κ3) is 3.64. The van der Waals surface area contributed by atoms with Crippen molar-refractivity contribution in [1.29, 1.82) is 0 Å². The number of hydrogen-bond acceptors (Lipinski definition) is 2. The molecule has 0 heterocycles. The highest BCUT2D eigenvalue weighted by Crippen LogP contribution is 2.30. The molecule has 0 radical (unpaired) electrons. The maximum Gasteiger partial charge on any atom is 0.262 e.